The Kier molecular flexibility index (Phi) is 10.5. The van der Waals surface area contributed by atoms with Gasteiger partial charge in [0.15, 0.2) is 0 Å². The number of rotatable bonds is 3. The van der Waals surface area contributed by atoms with Gasteiger partial charge in [0.25, 0.3) is 0 Å². The molecular weight excluding hydrogens is 119 g/mol. The van der Waals surface area contributed by atoms with Crippen LogP contribution in [0.25, 0.3) is 0 Å². The van der Waals surface area contributed by atoms with E-state index in [9.17, 15) is 4.79 Å². The van der Waals surface area contributed by atoms with E-state index in [-0.39, 0.29) is 42.6 Å². The molecular formula is C4H8NaO3. The van der Waals surface area contributed by atoms with E-state index in [1.807, 2.05) is 0 Å². The van der Waals surface area contributed by atoms with Crippen LogP contribution < -0.4 is 0 Å². The standard InChI is InChI=1S/C4H8O3.Na/c5-3-1-2-4(6)7;/h5H,1-3H2,(H,6,7);. The number of aliphatic hydroxyl groups excluding tert-OH is 1. The van der Waals surface area contributed by atoms with Crippen molar-refractivity contribution < 1.29 is 15.0 Å². The SMILES string of the molecule is O=C(O)CCCO.[Na]. The summed E-state index contributed by atoms with van der Waals surface area (Å²) < 4.78 is 0. The molecule has 0 atom stereocenters. The van der Waals surface area contributed by atoms with Gasteiger partial charge in [0.2, 0.25) is 0 Å². The van der Waals surface area contributed by atoms with Gasteiger partial charge in [0.1, 0.15) is 0 Å². The van der Waals surface area contributed by atoms with Gasteiger partial charge in [0, 0.05) is 42.6 Å². The fraction of sp³-hybridized carbons (Fsp3) is 0.750. The summed E-state index contributed by atoms with van der Waals surface area (Å²) >= 11 is 0. The third kappa shape index (κ3) is 9.66. The van der Waals surface area contributed by atoms with Gasteiger partial charge in [-0.25, -0.2) is 0 Å². The molecule has 4 heteroatoms. The van der Waals surface area contributed by atoms with Crippen molar-refractivity contribution in [3.8, 4) is 0 Å². The Morgan fingerprint density at radius 1 is 1.50 bits per heavy atom. The first-order chi connectivity index (χ1) is 3.27. The van der Waals surface area contributed by atoms with E-state index in [2.05, 4.69) is 0 Å². The van der Waals surface area contributed by atoms with Crippen molar-refractivity contribution in [3.63, 3.8) is 0 Å². The van der Waals surface area contributed by atoms with Crippen LogP contribution in [0.15, 0.2) is 0 Å². The molecule has 0 saturated heterocycles. The molecule has 0 aromatic carbocycles. The maximum absolute atomic E-state index is 9.65. The molecule has 0 aromatic heterocycles. The summed E-state index contributed by atoms with van der Waals surface area (Å²) in [4.78, 5) is 9.65. The van der Waals surface area contributed by atoms with E-state index in [0.29, 0.717) is 6.42 Å². The minimum atomic E-state index is -0.853. The van der Waals surface area contributed by atoms with E-state index >= 15 is 0 Å². The van der Waals surface area contributed by atoms with Crippen molar-refractivity contribution in [1.29, 1.82) is 0 Å². The van der Waals surface area contributed by atoms with E-state index in [1.54, 1.807) is 0 Å². The van der Waals surface area contributed by atoms with Crippen LogP contribution >= 0.6 is 0 Å². The second kappa shape index (κ2) is 7.43. The molecule has 0 unspecified atom stereocenters. The van der Waals surface area contributed by atoms with E-state index in [1.165, 1.54) is 0 Å². The Hall–Kier alpha value is 0.430. The zero-order valence-electron chi connectivity index (χ0n) is 4.92. The minimum Gasteiger partial charge on any atom is -0.481 e. The molecule has 2 N–H and O–H groups in total. The predicted molar refractivity (Wildman–Crippen MR) is 29.7 cm³/mol. The maximum Gasteiger partial charge on any atom is 0.303 e. The number of aliphatic hydroxyl groups is 1. The summed E-state index contributed by atoms with van der Waals surface area (Å²) in [5.41, 5.74) is 0. The van der Waals surface area contributed by atoms with Crippen LogP contribution in [0.1, 0.15) is 12.8 Å². The van der Waals surface area contributed by atoms with Gasteiger partial charge in [-0.3, -0.25) is 4.79 Å². The molecule has 3 nitrogen and oxygen atoms in total. The molecule has 0 saturated carbocycles. The van der Waals surface area contributed by atoms with Gasteiger partial charge < -0.3 is 10.2 Å². The van der Waals surface area contributed by atoms with Crippen LogP contribution in [0.4, 0.5) is 0 Å². The number of aliphatic carboxylic acids is 1. The van der Waals surface area contributed by atoms with Crippen LogP contribution in [0.2, 0.25) is 0 Å². The first-order valence-corrected chi connectivity index (χ1v) is 2.10. The minimum absolute atomic E-state index is 0. The van der Waals surface area contributed by atoms with Gasteiger partial charge in [0.05, 0.1) is 0 Å². The Bertz CT molecular complexity index is 64.3. The van der Waals surface area contributed by atoms with Crippen molar-refractivity contribution >= 4 is 35.5 Å². The Labute approximate surface area is 70.0 Å². The molecule has 8 heavy (non-hydrogen) atoms. The van der Waals surface area contributed by atoms with Crippen LogP contribution in [-0.2, 0) is 4.79 Å². The van der Waals surface area contributed by atoms with Crippen LogP contribution in [0.5, 0.6) is 0 Å². The fourth-order valence-corrected chi connectivity index (χ4v) is 0.230. The van der Waals surface area contributed by atoms with Crippen molar-refractivity contribution in [2.75, 3.05) is 6.61 Å². The van der Waals surface area contributed by atoms with E-state index in [0.717, 1.165) is 0 Å². The van der Waals surface area contributed by atoms with Gasteiger partial charge in [-0.1, -0.05) is 0 Å². The third-order valence-corrected chi connectivity index (χ3v) is 0.549. The molecule has 0 spiro atoms. The smallest absolute Gasteiger partial charge is 0.303 e. The molecule has 0 amide bonds. The van der Waals surface area contributed by atoms with Crippen molar-refractivity contribution in [3.05, 3.63) is 0 Å². The maximum atomic E-state index is 9.65. The molecule has 0 heterocycles. The zero-order chi connectivity index (χ0) is 5.70. The van der Waals surface area contributed by atoms with Crippen LogP contribution in [0, 0.1) is 0 Å². The number of carboxylic acids is 1. The second-order valence-corrected chi connectivity index (χ2v) is 1.22. The molecule has 0 rings (SSSR count). The fourth-order valence-electron chi connectivity index (χ4n) is 0.230. The van der Waals surface area contributed by atoms with Crippen molar-refractivity contribution in [1.82, 2.24) is 0 Å². The van der Waals surface area contributed by atoms with Crippen LogP contribution in [0.3, 0.4) is 0 Å². The number of hydrogen-bond donors (Lipinski definition) is 2. The summed E-state index contributed by atoms with van der Waals surface area (Å²) in [6.07, 6.45) is 0.422. The van der Waals surface area contributed by atoms with Gasteiger partial charge in [-0.05, 0) is 6.42 Å². The van der Waals surface area contributed by atoms with Crippen molar-refractivity contribution in [2.45, 2.75) is 12.8 Å². The average Bonchev–Trinajstić information content (AvgIpc) is 1.61. The molecule has 0 aliphatic rings. The van der Waals surface area contributed by atoms with Gasteiger partial charge in [-0.2, -0.15) is 0 Å². The molecule has 0 bridgehead atoms. The predicted octanol–water partition coefficient (Wildman–Crippen LogP) is -0.537. The molecule has 0 fully saturated rings. The molecule has 43 valence electrons. The van der Waals surface area contributed by atoms with Crippen molar-refractivity contribution in [2.24, 2.45) is 0 Å². The average molecular weight is 127 g/mol. The Balaban J connectivity index is 0. The summed E-state index contributed by atoms with van der Waals surface area (Å²) in [7, 11) is 0. The summed E-state index contributed by atoms with van der Waals surface area (Å²) in [6.45, 7) is -0.0354. The molecule has 0 aromatic rings. The summed E-state index contributed by atoms with van der Waals surface area (Å²) in [5.74, 6) is -0.853. The quantitative estimate of drug-likeness (QED) is 0.501. The van der Waals surface area contributed by atoms with E-state index in [4.69, 9.17) is 10.2 Å². The topological polar surface area (TPSA) is 57.5 Å². The first-order valence-electron chi connectivity index (χ1n) is 2.10. The summed E-state index contributed by atoms with van der Waals surface area (Å²) in [5, 5.41) is 16.0. The van der Waals surface area contributed by atoms with E-state index < -0.39 is 5.97 Å². The van der Waals surface area contributed by atoms with Gasteiger partial charge in [-0.15, -0.1) is 0 Å². The molecule has 1 radical (unpaired) electrons. The molecule has 0 aliphatic carbocycles. The van der Waals surface area contributed by atoms with Crippen LogP contribution in [-0.4, -0.2) is 52.3 Å². The second-order valence-electron chi connectivity index (χ2n) is 1.22. The number of hydrogen-bond acceptors (Lipinski definition) is 2. The number of carboxylic acid groups (broad SMARTS) is 1. The normalized spacial score (nSPS) is 7.62. The summed E-state index contributed by atoms with van der Waals surface area (Å²) in [6, 6.07) is 0. The van der Waals surface area contributed by atoms with Gasteiger partial charge >= 0.3 is 5.97 Å². The third-order valence-electron chi connectivity index (χ3n) is 0.549. The monoisotopic (exact) mass is 127 g/mol. The largest absolute Gasteiger partial charge is 0.481 e. The number of carbonyl (C=O) groups is 1. The Morgan fingerprint density at radius 2 is 2.00 bits per heavy atom. The first kappa shape index (κ1) is 11.3. The zero-order valence-corrected chi connectivity index (χ0v) is 6.92. The molecule has 0 aliphatic heterocycles. The Morgan fingerprint density at radius 3 is 2.12 bits per heavy atom.